The fourth-order valence-corrected chi connectivity index (χ4v) is 1.53. The minimum Gasteiger partial charge on any atom is -0.352 e. The first-order valence-corrected chi connectivity index (χ1v) is 5.63. The van der Waals surface area contributed by atoms with Gasteiger partial charge in [-0.05, 0) is 19.4 Å². The van der Waals surface area contributed by atoms with Gasteiger partial charge in [0.2, 0.25) is 5.91 Å². The summed E-state index contributed by atoms with van der Waals surface area (Å²) in [7, 11) is 0. The number of carbonyl (C=O) groups is 1. The van der Waals surface area contributed by atoms with E-state index in [4.69, 9.17) is 5.73 Å². The summed E-state index contributed by atoms with van der Waals surface area (Å²) in [6.07, 6.45) is 0. The van der Waals surface area contributed by atoms with Gasteiger partial charge in [0.25, 0.3) is 0 Å². The molecule has 0 fully saturated rings. The Bertz CT molecular complexity index is 335. The predicted molar refractivity (Wildman–Crippen MR) is 66.1 cm³/mol. The first-order chi connectivity index (χ1) is 7.52. The Kier molecular flexibility index (Phi) is 4.50. The average molecular weight is 220 g/mol. The third-order valence-electron chi connectivity index (χ3n) is 2.86. The molecule has 0 saturated carbocycles. The van der Waals surface area contributed by atoms with Gasteiger partial charge in [-0.2, -0.15) is 0 Å². The van der Waals surface area contributed by atoms with Crippen LogP contribution in [0.25, 0.3) is 0 Å². The maximum Gasteiger partial charge on any atom is 0.236 e. The fraction of sp³-hybridized carbons (Fsp3) is 0.462. The van der Waals surface area contributed by atoms with Gasteiger partial charge >= 0.3 is 0 Å². The normalized spacial score (nSPS) is 16.2. The van der Waals surface area contributed by atoms with Gasteiger partial charge in [-0.15, -0.1) is 0 Å². The summed E-state index contributed by atoms with van der Waals surface area (Å²) in [6, 6.07) is 9.77. The molecule has 3 nitrogen and oxygen atoms in total. The SMILES string of the molecule is CC(NC(=O)[C@H](C)N)C(C)c1ccccc1. The van der Waals surface area contributed by atoms with Crippen LogP contribution in [0.1, 0.15) is 32.3 Å². The van der Waals surface area contributed by atoms with Crippen LogP contribution in [0.3, 0.4) is 0 Å². The monoisotopic (exact) mass is 220 g/mol. The zero-order valence-electron chi connectivity index (χ0n) is 10.1. The van der Waals surface area contributed by atoms with E-state index in [1.54, 1.807) is 6.92 Å². The topological polar surface area (TPSA) is 55.1 Å². The zero-order chi connectivity index (χ0) is 12.1. The molecular formula is C13H20N2O. The Labute approximate surface area is 97.0 Å². The molecule has 1 aromatic carbocycles. The standard InChI is InChI=1S/C13H20N2O/c1-9(12-7-5-4-6-8-12)11(3)15-13(16)10(2)14/h4-11H,14H2,1-3H3,(H,15,16)/t9?,10-,11?/m0/s1. The molecule has 1 aromatic rings. The molecule has 16 heavy (non-hydrogen) atoms. The number of carbonyl (C=O) groups excluding carboxylic acids is 1. The molecule has 0 aliphatic rings. The van der Waals surface area contributed by atoms with Crippen LogP contribution in [-0.2, 0) is 4.79 Å². The van der Waals surface area contributed by atoms with Crippen LogP contribution in [0, 0.1) is 0 Å². The smallest absolute Gasteiger partial charge is 0.236 e. The van der Waals surface area contributed by atoms with Gasteiger partial charge in [-0.25, -0.2) is 0 Å². The molecule has 0 spiro atoms. The molecule has 3 atom stereocenters. The molecule has 3 heteroatoms. The lowest BCUT2D eigenvalue weighted by Crippen LogP contribution is -2.44. The molecule has 3 N–H and O–H groups in total. The van der Waals surface area contributed by atoms with E-state index in [2.05, 4.69) is 24.4 Å². The van der Waals surface area contributed by atoms with Crippen molar-refractivity contribution < 1.29 is 4.79 Å². The second-order valence-electron chi connectivity index (χ2n) is 4.29. The minimum absolute atomic E-state index is 0.0842. The molecule has 0 aliphatic heterocycles. The largest absolute Gasteiger partial charge is 0.352 e. The fourth-order valence-electron chi connectivity index (χ4n) is 1.53. The first-order valence-electron chi connectivity index (χ1n) is 5.63. The number of hydrogen-bond donors (Lipinski definition) is 2. The average Bonchev–Trinajstić information content (AvgIpc) is 2.28. The van der Waals surface area contributed by atoms with Crippen LogP contribution in [-0.4, -0.2) is 18.0 Å². The van der Waals surface area contributed by atoms with Crippen molar-refractivity contribution in [3.8, 4) is 0 Å². The molecule has 0 aliphatic carbocycles. The molecule has 0 aromatic heterocycles. The van der Waals surface area contributed by atoms with Crippen LogP contribution in [0.4, 0.5) is 0 Å². The maximum atomic E-state index is 11.5. The molecule has 0 heterocycles. The van der Waals surface area contributed by atoms with Gasteiger partial charge in [0.1, 0.15) is 0 Å². The van der Waals surface area contributed by atoms with E-state index in [1.165, 1.54) is 5.56 Å². The van der Waals surface area contributed by atoms with E-state index in [9.17, 15) is 4.79 Å². The lowest BCUT2D eigenvalue weighted by molar-refractivity contribution is -0.122. The molecule has 1 amide bonds. The van der Waals surface area contributed by atoms with Crippen molar-refractivity contribution in [1.82, 2.24) is 5.32 Å². The summed E-state index contributed by atoms with van der Waals surface area (Å²) in [5.41, 5.74) is 6.73. The maximum absolute atomic E-state index is 11.5. The van der Waals surface area contributed by atoms with Crippen LogP contribution >= 0.6 is 0 Å². The highest BCUT2D eigenvalue weighted by molar-refractivity contribution is 5.81. The number of nitrogens with one attached hydrogen (secondary N) is 1. The molecule has 0 bridgehead atoms. The van der Waals surface area contributed by atoms with Crippen molar-refractivity contribution in [1.29, 1.82) is 0 Å². The quantitative estimate of drug-likeness (QED) is 0.810. The summed E-state index contributed by atoms with van der Waals surface area (Å²) in [5, 5.41) is 2.91. The molecule has 2 unspecified atom stereocenters. The summed E-state index contributed by atoms with van der Waals surface area (Å²) < 4.78 is 0. The molecule has 0 radical (unpaired) electrons. The van der Waals surface area contributed by atoms with Gasteiger partial charge in [0, 0.05) is 12.0 Å². The van der Waals surface area contributed by atoms with Crippen molar-refractivity contribution in [3.63, 3.8) is 0 Å². The first kappa shape index (κ1) is 12.7. The van der Waals surface area contributed by atoms with E-state index >= 15 is 0 Å². The number of amides is 1. The molecule has 88 valence electrons. The van der Waals surface area contributed by atoms with Gasteiger partial charge in [-0.1, -0.05) is 37.3 Å². The Morgan fingerprint density at radius 1 is 1.19 bits per heavy atom. The van der Waals surface area contributed by atoms with Crippen molar-refractivity contribution in [2.24, 2.45) is 5.73 Å². The number of hydrogen-bond acceptors (Lipinski definition) is 2. The summed E-state index contributed by atoms with van der Waals surface area (Å²) >= 11 is 0. The Balaban J connectivity index is 2.61. The van der Waals surface area contributed by atoms with Crippen molar-refractivity contribution in [2.75, 3.05) is 0 Å². The minimum atomic E-state index is -0.453. The molecule has 1 rings (SSSR count). The van der Waals surface area contributed by atoms with Crippen LogP contribution in [0.15, 0.2) is 30.3 Å². The zero-order valence-corrected chi connectivity index (χ0v) is 10.1. The number of benzene rings is 1. The third-order valence-corrected chi connectivity index (χ3v) is 2.86. The molecular weight excluding hydrogens is 200 g/mol. The van der Waals surface area contributed by atoms with Gasteiger partial charge in [0.05, 0.1) is 6.04 Å². The Morgan fingerprint density at radius 2 is 1.75 bits per heavy atom. The Morgan fingerprint density at radius 3 is 2.25 bits per heavy atom. The van der Waals surface area contributed by atoms with Crippen molar-refractivity contribution in [3.05, 3.63) is 35.9 Å². The van der Waals surface area contributed by atoms with Crippen molar-refractivity contribution in [2.45, 2.75) is 38.8 Å². The number of rotatable bonds is 4. The summed E-state index contributed by atoms with van der Waals surface area (Å²) in [5.74, 6) is 0.180. The summed E-state index contributed by atoms with van der Waals surface area (Å²) in [4.78, 5) is 11.5. The lowest BCUT2D eigenvalue weighted by Gasteiger charge is -2.22. The van der Waals surface area contributed by atoms with Crippen molar-refractivity contribution >= 4 is 5.91 Å². The van der Waals surface area contributed by atoms with Gasteiger partial charge in [-0.3, -0.25) is 4.79 Å². The van der Waals surface area contributed by atoms with Gasteiger partial charge < -0.3 is 11.1 Å². The van der Waals surface area contributed by atoms with E-state index in [1.807, 2.05) is 25.1 Å². The number of nitrogens with two attached hydrogens (primary N) is 1. The molecule has 0 saturated heterocycles. The van der Waals surface area contributed by atoms with Gasteiger partial charge in [0.15, 0.2) is 0 Å². The second-order valence-corrected chi connectivity index (χ2v) is 4.29. The second kappa shape index (κ2) is 5.66. The van der Waals surface area contributed by atoms with Crippen LogP contribution in [0.2, 0.25) is 0 Å². The van der Waals surface area contributed by atoms with E-state index in [0.29, 0.717) is 0 Å². The Hall–Kier alpha value is -1.35. The van der Waals surface area contributed by atoms with E-state index < -0.39 is 6.04 Å². The highest BCUT2D eigenvalue weighted by atomic mass is 16.2. The van der Waals surface area contributed by atoms with Crippen LogP contribution in [0.5, 0.6) is 0 Å². The highest BCUT2D eigenvalue weighted by Crippen LogP contribution is 2.18. The van der Waals surface area contributed by atoms with E-state index in [-0.39, 0.29) is 17.9 Å². The third kappa shape index (κ3) is 3.35. The lowest BCUT2D eigenvalue weighted by atomic mass is 9.94. The van der Waals surface area contributed by atoms with Crippen LogP contribution < -0.4 is 11.1 Å². The summed E-state index contributed by atoms with van der Waals surface area (Å²) in [6.45, 7) is 5.79. The van der Waals surface area contributed by atoms with E-state index in [0.717, 1.165) is 0 Å². The predicted octanol–water partition coefficient (Wildman–Crippen LogP) is 1.64. The highest BCUT2D eigenvalue weighted by Gasteiger charge is 2.17.